The Labute approximate surface area is 80.2 Å². The van der Waals surface area contributed by atoms with Crippen LogP contribution in [-0.4, -0.2) is 11.2 Å². The molecule has 0 spiro atoms. The summed E-state index contributed by atoms with van der Waals surface area (Å²) in [6, 6.07) is 1.82. The quantitative estimate of drug-likeness (QED) is 0.534. The number of hydrogen-bond donors (Lipinski definition) is 1. The van der Waals surface area contributed by atoms with Crippen LogP contribution in [-0.2, 0) is 0 Å². The minimum Gasteiger partial charge on any atom is -0.377 e. The number of nitriles is 1. The van der Waals surface area contributed by atoms with Gasteiger partial charge in [-0.15, -0.1) is 5.73 Å². The van der Waals surface area contributed by atoms with E-state index < -0.39 is 11.5 Å². The van der Waals surface area contributed by atoms with Gasteiger partial charge in [0.25, 0.3) is 0 Å². The van der Waals surface area contributed by atoms with Crippen LogP contribution in [0.1, 0.15) is 34.1 Å². The van der Waals surface area contributed by atoms with Gasteiger partial charge in [-0.2, -0.15) is 5.26 Å². The third-order valence-corrected chi connectivity index (χ3v) is 2.05. The molecule has 0 heterocycles. The molecule has 0 saturated carbocycles. The van der Waals surface area contributed by atoms with Gasteiger partial charge in [0.2, 0.25) is 0 Å². The van der Waals surface area contributed by atoms with E-state index in [0.29, 0.717) is 0 Å². The second-order valence-corrected chi connectivity index (χ2v) is 3.78. The highest BCUT2D eigenvalue weighted by atomic mass is 16.3. The van der Waals surface area contributed by atoms with Crippen molar-refractivity contribution in [2.24, 2.45) is 5.41 Å². The smallest absolute Gasteiger partial charge is 0.149 e. The first-order chi connectivity index (χ1) is 5.94. The van der Waals surface area contributed by atoms with E-state index in [1.807, 2.05) is 33.8 Å². The molecule has 0 amide bonds. The normalized spacial score (nSPS) is 12.6. The van der Waals surface area contributed by atoms with Gasteiger partial charge in [0.1, 0.15) is 6.10 Å². The van der Waals surface area contributed by atoms with Crippen LogP contribution in [0.15, 0.2) is 17.4 Å². The summed E-state index contributed by atoms with van der Waals surface area (Å²) in [6.07, 6.45) is 1.74. The van der Waals surface area contributed by atoms with Crippen molar-refractivity contribution in [2.45, 2.75) is 40.2 Å². The van der Waals surface area contributed by atoms with E-state index in [1.54, 1.807) is 6.08 Å². The molecule has 0 aromatic heterocycles. The van der Waals surface area contributed by atoms with Gasteiger partial charge in [-0.1, -0.05) is 20.8 Å². The summed E-state index contributed by atoms with van der Waals surface area (Å²) in [5.74, 6) is 0. The Bertz CT molecular complexity index is 264. The monoisotopic (exact) mass is 179 g/mol. The maximum absolute atomic E-state index is 9.33. The Hall–Kier alpha value is -1.03. The largest absolute Gasteiger partial charge is 0.377 e. The van der Waals surface area contributed by atoms with Crippen molar-refractivity contribution in [1.29, 1.82) is 5.26 Å². The fourth-order valence-electron chi connectivity index (χ4n) is 0.657. The minimum atomic E-state index is -0.968. The highest BCUT2D eigenvalue weighted by Crippen LogP contribution is 2.21. The zero-order valence-corrected chi connectivity index (χ0v) is 8.76. The molecule has 2 nitrogen and oxygen atoms in total. The molecule has 72 valence electrons. The molecule has 0 radical (unpaired) electrons. The summed E-state index contributed by atoms with van der Waals surface area (Å²) >= 11 is 0. The van der Waals surface area contributed by atoms with Crippen LogP contribution in [0, 0.1) is 16.7 Å². The Morgan fingerprint density at radius 1 is 1.62 bits per heavy atom. The molecule has 0 aromatic rings. The van der Waals surface area contributed by atoms with E-state index in [4.69, 9.17) is 5.26 Å². The molecule has 1 N–H and O–H groups in total. The van der Waals surface area contributed by atoms with E-state index in [-0.39, 0.29) is 0 Å². The van der Waals surface area contributed by atoms with E-state index in [1.165, 1.54) is 0 Å². The van der Waals surface area contributed by atoms with Crippen molar-refractivity contribution in [3.05, 3.63) is 17.4 Å². The fourth-order valence-corrected chi connectivity index (χ4v) is 0.657. The first-order valence-electron chi connectivity index (χ1n) is 4.45. The van der Waals surface area contributed by atoms with Crippen LogP contribution in [0.3, 0.4) is 0 Å². The summed E-state index contributed by atoms with van der Waals surface area (Å²) in [7, 11) is 0. The van der Waals surface area contributed by atoms with Crippen LogP contribution < -0.4 is 0 Å². The second-order valence-electron chi connectivity index (χ2n) is 3.78. The lowest BCUT2D eigenvalue weighted by Gasteiger charge is -2.20. The summed E-state index contributed by atoms with van der Waals surface area (Å²) in [6.45, 7) is 7.66. The maximum atomic E-state index is 9.33. The number of hydrogen-bond acceptors (Lipinski definition) is 2. The number of aliphatic hydroxyl groups is 1. The molecule has 0 bridgehead atoms. The third-order valence-electron chi connectivity index (χ3n) is 2.05. The highest BCUT2D eigenvalue weighted by Gasteiger charge is 2.24. The first-order valence-corrected chi connectivity index (χ1v) is 4.45. The molecule has 1 atom stereocenters. The number of nitrogens with zero attached hydrogens (tertiary/aromatic N) is 1. The molecule has 0 fully saturated rings. The van der Waals surface area contributed by atoms with Crippen LogP contribution >= 0.6 is 0 Å². The van der Waals surface area contributed by atoms with Crippen LogP contribution in [0.25, 0.3) is 0 Å². The molecule has 13 heavy (non-hydrogen) atoms. The average molecular weight is 179 g/mol. The lowest BCUT2D eigenvalue weighted by molar-refractivity contribution is 0.133. The molecule has 0 saturated heterocycles. The van der Waals surface area contributed by atoms with Crippen LogP contribution in [0.4, 0.5) is 0 Å². The topological polar surface area (TPSA) is 44.0 Å². The molecule has 0 rings (SSSR count). The molecule has 2 heteroatoms. The van der Waals surface area contributed by atoms with E-state index in [2.05, 4.69) is 5.73 Å². The number of rotatable bonds is 3. The minimum absolute atomic E-state index is 0.523. The van der Waals surface area contributed by atoms with Gasteiger partial charge in [-0.05, 0) is 25.0 Å². The predicted octanol–water partition coefficient (Wildman–Crippen LogP) is 2.41. The van der Waals surface area contributed by atoms with Gasteiger partial charge in [0.05, 0.1) is 6.07 Å². The Morgan fingerprint density at radius 2 is 2.15 bits per heavy atom. The van der Waals surface area contributed by atoms with E-state index >= 15 is 0 Å². The second kappa shape index (κ2) is 4.87. The zero-order chi connectivity index (χ0) is 10.5. The molecule has 0 aliphatic rings. The summed E-state index contributed by atoms with van der Waals surface area (Å²) < 4.78 is 0. The summed E-state index contributed by atoms with van der Waals surface area (Å²) in [4.78, 5) is 0. The highest BCUT2D eigenvalue weighted by molar-refractivity contribution is 5.08. The first kappa shape index (κ1) is 12.0. The van der Waals surface area contributed by atoms with Crippen molar-refractivity contribution in [3.8, 4) is 6.07 Å². The molecule has 0 aliphatic carbocycles. The van der Waals surface area contributed by atoms with Crippen LogP contribution in [0.2, 0.25) is 0 Å². The molecular formula is C11H17NO. The SMILES string of the molecule is CCC(C)=C=CC(C)(C)C(O)C#N. The van der Waals surface area contributed by atoms with E-state index in [9.17, 15) is 5.11 Å². The van der Waals surface area contributed by atoms with Crippen molar-refractivity contribution in [3.63, 3.8) is 0 Å². The maximum Gasteiger partial charge on any atom is 0.149 e. The predicted molar refractivity (Wildman–Crippen MR) is 53.0 cm³/mol. The van der Waals surface area contributed by atoms with E-state index in [0.717, 1.165) is 12.0 Å². The Morgan fingerprint density at radius 3 is 2.54 bits per heavy atom. The average Bonchev–Trinajstić information content (AvgIpc) is 2.12. The van der Waals surface area contributed by atoms with Gasteiger partial charge in [0, 0.05) is 5.41 Å². The van der Waals surface area contributed by atoms with Gasteiger partial charge >= 0.3 is 0 Å². The van der Waals surface area contributed by atoms with Gasteiger partial charge in [-0.25, -0.2) is 0 Å². The van der Waals surface area contributed by atoms with Crippen molar-refractivity contribution in [2.75, 3.05) is 0 Å². The molecule has 1 unspecified atom stereocenters. The third kappa shape index (κ3) is 3.94. The molecule has 0 aromatic carbocycles. The Kier molecular flexibility index (Phi) is 4.48. The molecule has 0 aliphatic heterocycles. The van der Waals surface area contributed by atoms with Crippen molar-refractivity contribution >= 4 is 0 Å². The Balaban J connectivity index is 4.71. The van der Waals surface area contributed by atoms with Crippen LogP contribution in [0.5, 0.6) is 0 Å². The van der Waals surface area contributed by atoms with Gasteiger partial charge < -0.3 is 5.11 Å². The van der Waals surface area contributed by atoms with Crippen molar-refractivity contribution < 1.29 is 5.11 Å². The number of aliphatic hydroxyl groups excluding tert-OH is 1. The lowest BCUT2D eigenvalue weighted by atomic mass is 9.87. The van der Waals surface area contributed by atoms with Crippen molar-refractivity contribution in [1.82, 2.24) is 0 Å². The summed E-state index contributed by atoms with van der Waals surface area (Å²) in [5, 5.41) is 17.9. The lowest BCUT2D eigenvalue weighted by Crippen LogP contribution is -2.25. The molecular weight excluding hydrogens is 162 g/mol. The fraction of sp³-hybridized carbons (Fsp3) is 0.636. The standard InChI is InChI=1S/C11H17NO/c1-5-9(2)6-7-11(3,4)10(13)8-12/h7,10,13H,5H2,1-4H3. The zero-order valence-electron chi connectivity index (χ0n) is 8.76. The van der Waals surface area contributed by atoms with Gasteiger partial charge in [0.15, 0.2) is 0 Å². The summed E-state index contributed by atoms with van der Waals surface area (Å²) in [5.41, 5.74) is 3.67. The van der Waals surface area contributed by atoms with Gasteiger partial charge in [-0.3, -0.25) is 0 Å².